The summed E-state index contributed by atoms with van der Waals surface area (Å²) in [6.07, 6.45) is -4.07. The van der Waals surface area contributed by atoms with Gasteiger partial charge in [-0.1, -0.05) is 0 Å². The standard InChI is InChI=1S/C14H16F4N2O3/c1-8(3-2-6-21)19-12(22)13(23)20-11-5-4-9(15)7-10(11)14(16,17)18/h4-5,7-8,21H,2-3,6H2,1H3,(H,19,22)(H,20,23). The van der Waals surface area contributed by atoms with Gasteiger partial charge in [0.15, 0.2) is 0 Å². The molecule has 0 saturated heterocycles. The molecule has 9 heteroatoms. The molecule has 0 radical (unpaired) electrons. The molecule has 0 fully saturated rings. The van der Waals surface area contributed by atoms with Crippen LogP contribution in [0.25, 0.3) is 0 Å². The molecule has 1 rings (SSSR count). The summed E-state index contributed by atoms with van der Waals surface area (Å²) in [4.78, 5) is 23.3. The second-order valence-corrected chi connectivity index (χ2v) is 4.88. The van der Waals surface area contributed by atoms with Crippen LogP contribution in [-0.4, -0.2) is 29.6 Å². The van der Waals surface area contributed by atoms with Gasteiger partial charge in [-0.25, -0.2) is 4.39 Å². The van der Waals surface area contributed by atoms with E-state index in [0.29, 0.717) is 12.8 Å². The Morgan fingerprint density at radius 1 is 1.26 bits per heavy atom. The number of alkyl halides is 3. The minimum Gasteiger partial charge on any atom is -0.396 e. The maximum atomic E-state index is 13.0. The van der Waals surface area contributed by atoms with E-state index in [1.165, 1.54) is 0 Å². The molecule has 0 aliphatic heterocycles. The van der Waals surface area contributed by atoms with Crippen molar-refractivity contribution in [2.45, 2.75) is 32.0 Å². The van der Waals surface area contributed by atoms with Gasteiger partial charge in [0.2, 0.25) is 0 Å². The number of halogens is 4. The second-order valence-electron chi connectivity index (χ2n) is 4.88. The van der Waals surface area contributed by atoms with Crippen molar-refractivity contribution in [3.05, 3.63) is 29.6 Å². The van der Waals surface area contributed by atoms with Gasteiger partial charge >= 0.3 is 18.0 Å². The van der Waals surface area contributed by atoms with Crippen LogP contribution in [0.1, 0.15) is 25.3 Å². The lowest BCUT2D eigenvalue weighted by Gasteiger charge is -2.15. The Bertz CT molecular complexity index is 576. The Morgan fingerprint density at radius 3 is 2.48 bits per heavy atom. The summed E-state index contributed by atoms with van der Waals surface area (Å²) >= 11 is 0. The summed E-state index contributed by atoms with van der Waals surface area (Å²) < 4.78 is 51.3. The first-order chi connectivity index (χ1) is 10.6. The van der Waals surface area contributed by atoms with E-state index in [1.807, 2.05) is 5.32 Å². The fourth-order valence-electron chi connectivity index (χ4n) is 1.80. The van der Waals surface area contributed by atoms with E-state index in [-0.39, 0.29) is 12.7 Å². The van der Waals surface area contributed by atoms with Gasteiger partial charge in [0.25, 0.3) is 0 Å². The third-order valence-electron chi connectivity index (χ3n) is 2.91. The zero-order valence-electron chi connectivity index (χ0n) is 12.2. The van der Waals surface area contributed by atoms with E-state index in [4.69, 9.17) is 5.11 Å². The van der Waals surface area contributed by atoms with E-state index in [0.717, 1.165) is 12.1 Å². The lowest BCUT2D eigenvalue weighted by molar-refractivity contribution is -0.138. The van der Waals surface area contributed by atoms with Gasteiger partial charge in [0.1, 0.15) is 5.82 Å². The lowest BCUT2D eigenvalue weighted by atomic mass is 10.1. The molecule has 1 aromatic carbocycles. The number of rotatable bonds is 5. The number of carbonyl (C=O) groups excluding carboxylic acids is 2. The quantitative estimate of drug-likeness (QED) is 0.569. The highest BCUT2D eigenvalue weighted by Crippen LogP contribution is 2.35. The van der Waals surface area contributed by atoms with Crippen LogP contribution < -0.4 is 10.6 Å². The predicted molar refractivity (Wildman–Crippen MR) is 74.0 cm³/mol. The van der Waals surface area contributed by atoms with E-state index in [1.54, 1.807) is 6.92 Å². The lowest BCUT2D eigenvalue weighted by Crippen LogP contribution is -2.40. The molecule has 0 aliphatic carbocycles. The molecule has 0 aliphatic rings. The molecule has 0 aromatic heterocycles. The van der Waals surface area contributed by atoms with Crippen LogP contribution in [0, 0.1) is 5.82 Å². The van der Waals surface area contributed by atoms with Crippen molar-refractivity contribution in [3.63, 3.8) is 0 Å². The smallest absolute Gasteiger partial charge is 0.396 e. The Balaban J connectivity index is 2.80. The number of hydrogen-bond acceptors (Lipinski definition) is 3. The fraction of sp³-hybridized carbons (Fsp3) is 0.429. The highest BCUT2D eigenvalue weighted by molar-refractivity contribution is 6.39. The van der Waals surface area contributed by atoms with Crippen molar-refractivity contribution in [2.75, 3.05) is 11.9 Å². The number of anilines is 1. The van der Waals surface area contributed by atoms with Crippen LogP contribution in [0.15, 0.2) is 18.2 Å². The number of carbonyl (C=O) groups is 2. The Kier molecular flexibility index (Phi) is 6.49. The zero-order chi connectivity index (χ0) is 17.6. The molecule has 0 saturated carbocycles. The molecule has 23 heavy (non-hydrogen) atoms. The average Bonchev–Trinajstić information content (AvgIpc) is 2.45. The third-order valence-corrected chi connectivity index (χ3v) is 2.91. The maximum absolute atomic E-state index is 13.0. The summed E-state index contributed by atoms with van der Waals surface area (Å²) in [7, 11) is 0. The first-order valence-corrected chi connectivity index (χ1v) is 6.74. The molecule has 1 unspecified atom stereocenters. The van der Waals surface area contributed by atoms with Gasteiger partial charge in [-0.05, 0) is 38.0 Å². The molecule has 0 spiro atoms. The number of nitrogens with one attached hydrogen (secondary N) is 2. The van der Waals surface area contributed by atoms with Gasteiger partial charge in [-0.15, -0.1) is 0 Å². The number of benzene rings is 1. The van der Waals surface area contributed by atoms with Gasteiger partial charge < -0.3 is 15.7 Å². The third kappa shape index (κ3) is 5.85. The van der Waals surface area contributed by atoms with E-state index < -0.39 is 41.1 Å². The molecule has 1 atom stereocenters. The molecule has 128 valence electrons. The van der Waals surface area contributed by atoms with Crippen LogP contribution in [0.3, 0.4) is 0 Å². The van der Waals surface area contributed by atoms with Crippen LogP contribution in [0.4, 0.5) is 23.2 Å². The summed E-state index contributed by atoms with van der Waals surface area (Å²) in [5.41, 5.74) is -2.09. The summed E-state index contributed by atoms with van der Waals surface area (Å²) in [6, 6.07) is 1.28. The molecule has 3 N–H and O–H groups in total. The Hall–Kier alpha value is -2.16. The number of hydrogen-bond donors (Lipinski definition) is 3. The van der Waals surface area contributed by atoms with Crippen molar-refractivity contribution >= 4 is 17.5 Å². The van der Waals surface area contributed by atoms with Crippen molar-refractivity contribution < 1.29 is 32.3 Å². The first-order valence-electron chi connectivity index (χ1n) is 6.74. The minimum atomic E-state index is -4.88. The van der Waals surface area contributed by atoms with E-state index in [2.05, 4.69) is 5.32 Å². The van der Waals surface area contributed by atoms with Crippen molar-refractivity contribution in [3.8, 4) is 0 Å². The highest BCUT2D eigenvalue weighted by atomic mass is 19.4. The van der Waals surface area contributed by atoms with Crippen LogP contribution >= 0.6 is 0 Å². The SMILES string of the molecule is CC(CCCO)NC(=O)C(=O)Nc1ccc(F)cc1C(F)(F)F. The summed E-state index contributed by atoms with van der Waals surface area (Å²) in [5.74, 6) is -3.52. The molecule has 5 nitrogen and oxygen atoms in total. The average molecular weight is 336 g/mol. The van der Waals surface area contributed by atoms with Gasteiger partial charge in [0, 0.05) is 12.6 Å². The van der Waals surface area contributed by atoms with Crippen molar-refractivity contribution in [2.24, 2.45) is 0 Å². The summed E-state index contributed by atoms with van der Waals surface area (Å²) in [5, 5.41) is 12.8. The zero-order valence-corrected chi connectivity index (χ0v) is 12.2. The van der Waals surface area contributed by atoms with Crippen molar-refractivity contribution in [1.82, 2.24) is 5.32 Å². The van der Waals surface area contributed by atoms with Crippen LogP contribution in [0.2, 0.25) is 0 Å². The number of aliphatic hydroxyl groups is 1. The number of amides is 2. The van der Waals surface area contributed by atoms with Crippen LogP contribution in [0.5, 0.6) is 0 Å². The minimum absolute atomic E-state index is 0.0864. The molecule has 1 aromatic rings. The molecular weight excluding hydrogens is 320 g/mol. The molecule has 0 heterocycles. The molecule has 0 bridgehead atoms. The highest BCUT2D eigenvalue weighted by Gasteiger charge is 2.35. The van der Waals surface area contributed by atoms with Crippen molar-refractivity contribution in [1.29, 1.82) is 0 Å². The summed E-state index contributed by atoms with van der Waals surface area (Å²) in [6.45, 7) is 1.50. The monoisotopic (exact) mass is 336 g/mol. The predicted octanol–water partition coefficient (Wildman–Crippen LogP) is 2.06. The maximum Gasteiger partial charge on any atom is 0.418 e. The number of aliphatic hydroxyl groups excluding tert-OH is 1. The molecule has 2 amide bonds. The second kappa shape index (κ2) is 7.91. The normalized spacial score (nSPS) is 12.6. The van der Waals surface area contributed by atoms with Gasteiger partial charge in [-0.3, -0.25) is 9.59 Å². The Morgan fingerprint density at radius 2 is 1.91 bits per heavy atom. The van der Waals surface area contributed by atoms with E-state index in [9.17, 15) is 27.2 Å². The first kappa shape index (κ1) is 18.9. The van der Waals surface area contributed by atoms with Gasteiger partial charge in [0.05, 0.1) is 11.3 Å². The molecular formula is C14H16F4N2O3. The fourth-order valence-corrected chi connectivity index (χ4v) is 1.80. The largest absolute Gasteiger partial charge is 0.418 e. The van der Waals surface area contributed by atoms with Crippen LogP contribution in [-0.2, 0) is 15.8 Å². The van der Waals surface area contributed by atoms with E-state index >= 15 is 0 Å². The Labute approximate surface area is 129 Å². The topological polar surface area (TPSA) is 78.4 Å². The van der Waals surface area contributed by atoms with Gasteiger partial charge in [-0.2, -0.15) is 13.2 Å².